The molecule has 18 heavy (non-hydrogen) atoms. The number of rotatable bonds is 5. The molecule has 0 aromatic carbocycles. The summed E-state index contributed by atoms with van der Waals surface area (Å²) in [5.41, 5.74) is -0.973. The quantitative estimate of drug-likeness (QED) is 0.788. The van der Waals surface area contributed by atoms with E-state index in [9.17, 15) is 9.59 Å². The van der Waals surface area contributed by atoms with E-state index in [1.165, 1.54) is 25.7 Å². The Morgan fingerprint density at radius 1 is 1.28 bits per heavy atom. The van der Waals surface area contributed by atoms with Gasteiger partial charge in [-0.15, -0.1) is 0 Å². The van der Waals surface area contributed by atoms with Gasteiger partial charge in [-0.25, -0.2) is 0 Å². The van der Waals surface area contributed by atoms with Crippen LogP contribution >= 0.6 is 0 Å². The van der Waals surface area contributed by atoms with Crippen molar-refractivity contribution in [2.24, 2.45) is 23.2 Å². The SMILES string of the molecule is CC(C)(CC(=O)NCC1CC2CCC1C2)C(=O)O. The largest absolute Gasteiger partial charge is 0.481 e. The number of amides is 1. The first-order chi connectivity index (χ1) is 8.38. The van der Waals surface area contributed by atoms with Crippen LogP contribution < -0.4 is 5.32 Å². The number of fused-ring (bicyclic) bond motifs is 2. The summed E-state index contributed by atoms with van der Waals surface area (Å²) >= 11 is 0. The van der Waals surface area contributed by atoms with Gasteiger partial charge >= 0.3 is 5.97 Å². The average molecular weight is 253 g/mol. The first kappa shape index (κ1) is 13.4. The highest BCUT2D eigenvalue weighted by Gasteiger charge is 2.39. The summed E-state index contributed by atoms with van der Waals surface area (Å²) in [6, 6.07) is 0. The van der Waals surface area contributed by atoms with Crippen molar-refractivity contribution >= 4 is 11.9 Å². The number of hydrogen-bond acceptors (Lipinski definition) is 2. The van der Waals surface area contributed by atoms with E-state index in [0.717, 1.165) is 18.4 Å². The molecule has 4 nitrogen and oxygen atoms in total. The van der Waals surface area contributed by atoms with E-state index < -0.39 is 11.4 Å². The normalized spacial score (nSPS) is 30.4. The highest BCUT2D eigenvalue weighted by molar-refractivity contribution is 5.84. The molecule has 2 bridgehead atoms. The molecule has 0 aromatic rings. The fraction of sp³-hybridized carbons (Fsp3) is 0.857. The van der Waals surface area contributed by atoms with Crippen LogP contribution in [0.5, 0.6) is 0 Å². The van der Waals surface area contributed by atoms with Gasteiger partial charge in [-0.2, -0.15) is 0 Å². The third-order valence-corrected chi connectivity index (χ3v) is 4.63. The topological polar surface area (TPSA) is 66.4 Å². The van der Waals surface area contributed by atoms with Gasteiger partial charge in [-0.3, -0.25) is 9.59 Å². The predicted octanol–water partition coefficient (Wildman–Crippen LogP) is 2.04. The van der Waals surface area contributed by atoms with Gasteiger partial charge in [0.05, 0.1) is 5.41 Å². The van der Waals surface area contributed by atoms with Crippen molar-refractivity contribution < 1.29 is 14.7 Å². The summed E-state index contributed by atoms with van der Waals surface area (Å²) < 4.78 is 0. The molecule has 2 saturated carbocycles. The molecule has 0 saturated heterocycles. The maximum absolute atomic E-state index is 11.8. The molecule has 102 valence electrons. The Balaban J connectivity index is 1.74. The lowest BCUT2D eigenvalue weighted by molar-refractivity contribution is -0.149. The fourth-order valence-corrected chi connectivity index (χ4v) is 3.41. The van der Waals surface area contributed by atoms with Crippen LogP contribution in [0.2, 0.25) is 0 Å². The summed E-state index contributed by atoms with van der Waals surface area (Å²) in [6.07, 6.45) is 5.31. The highest BCUT2D eigenvalue weighted by Crippen LogP contribution is 2.47. The molecular formula is C14H23NO3. The van der Waals surface area contributed by atoms with Crippen LogP contribution in [0.25, 0.3) is 0 Å². The lowest BCUT2D eigenvalue weighted by Gasteiger charge is -2.23. The second kappa shape index (κ2) is 4.90. The van der Waals surface area contributed by atoms with Crippen molar-refractivity contribution in [1.29, 1.82) is 0 Å². The highest BCUT2D eigenvalue weighted by atomic mass is 16.4. The maximum Gasteiger partial charge on any atom is 0.309 e. The van der Waals surface area contributed by atoms with Gasteiger partial charge in [0.1, 0.15) is 0 Å². The van der Waals surface area contributed by atoms with Crippen LogP contribution in [0.15, 0.2) is 0 Å². The fourth-order valence-electron chi connectivity index (χ4n) is 3.41. The first-order valence-electron chi connectivity index (χ1n) is 6.88. The van der Waals surface area contributed by atoms with Gasteiger partial charge in [-0.1, -0.05) is 6.42 Å². The standard InChI is InChI=1S/C14H23NO3/c1-14(2,13(17)18)7-12(16)15-8-11-6-9-3-4-10(11)5-9/h9-11H,3-8H2,1-2H3,(H,15,16)(H,17,18). The van der Waals surface area contributed by atoms with Crippen molar-refractivity contribution in [1.82, 2.24) is 5.32 Å². The average Bonchev–Trinajstić information content (AvgIpc) is 2.87. The molecule has 4 heteroatoms. The summed E-state index contributed by atoms with van der Waals surface area (Å²) in [5.74, 6) is 1.25. The molecule has 2 rings (SSSR count). The van der Waals surface area contributed by atoms with Crippen LogP contribution in [0.4, 0.5) is 0 Å². The van der Waals surface area contributed by atoms with Crippen LogP contribution in [0.3, 0.4) is 0 Å². The second-order valence-corrected chi connectivity index (χ2v) is 6.60. The van der Waals surface area contributed by atoms with E-state index in [1.807, 2.05) is 0 Å². The van der Waals surface area contributed by atoms with Crippen molar-refractivity contribution in [3.63, 3.8) is 0 Å². The molecule has 0 spiro atoms. The molecule has 0 heterocycles. The van der Waals surface area contributed by atoms with Gasteiger partial charge in [0, 0.05) is 13.0 Å². The predicted molar refractivity (Wildman–Crippen MR) is 68.0 cm³/mol. The van der Waals surface area contributed by atoms with Crippen molar-refractivity contribution in [2.75, 3.05) is 6.54 Å². The van der Waals surface area contributed by atoms with E-state index in [2.05, 4.69) is 5.32 Å². The number of nitrogens with one attached hydrogen (secondary N) is 1. The first-order valence-corrected chi connectivity index (χ1v) is 6.88. The van der Waals surface area contributed by atoms with E-state index in [4.69, 9.17) is 5.11 Å². The van der Waals surface area contributed by atoms with Crippen molar-refractivity contribution in [2.45, 2.75) is 46.0 Å². The molecule has 2 N–H and O–H groups in total. The Kier molecular flexibility index (Phi) is 3.64. The Hall–Kier alpha value is -1.06. The van der Waals surface area contributed by atoms with Crippen LogP contribution in [0.1, 0.15) is 46.0 Å². The summed E-state index contributed by atoms with van der Waals surface area (Å²) in [7, 11) is 0. The minimum atomic E-state index is -0.973. The third-order valence-electron chi connectivity index (χ3n) is 4.63. The lowest BCUT2D eigenvalue weighted by Crippen LogP contribution is -2.36. The molecule has 1 amide bonds. The number of carboxylic acids is 1. The zero-order valence-electron chi connectivity index (χ0n) is 11.2. The van der Waals surface area contributed by atoms with E-state index in [-0.39, 0.29) is 12.3 Å². The molecule has 2 fully saturated rings. The Bertz CT molecular complexity index is 351. The van der Waals surface area contributed by atoms with E-state index in [0.29, 0.717) is 5.92 Å². The van der Waals surface area contributed by atoms with Gasteiger partial charge in [-0.05, 0) is 50.9 Å². The van der Waals surface area contributed by atoms with E-state index in [1.54, 1.807) is 13.8 Å². The Labute approximate surface area is 108 Å². The minimum Gasteiger partial charge on any atom is -0.481 e. The van der Waals surface area contributed by atoms with Crippen LogP contribution in [-0.4, -0.2) is 23.5 Å². The Morgan fingerprint density at radius 3 is 2.50 bits per heavy atom. The van der Waals surface area contributed by atoms with Crippen molar-refractivity contribution in [3.8, 4) is 0 Å². The molecule has 0 aliphatic heterocycles. The monoisotopic (exact) mass is 253 g/mol. The number of carbonyl (C=O) groups is 2. The van der Waals surface area contributed by atoms with Gasteiger partial charge in [0.25, 0.3) is 0 Å². The molecule has 3 atom stereocenters. The third kappa shape index (κ3) is 2.85. The number of aliphatic carboxylic acids is 1. The Morgan fingerprint density at radius 2 is 2.00 bits per heavy atom. The summed E-state index contributed by atoms with van der Waals surface area (Å²) in [4.78, 5) is 22.7. The second-order valence-electron chi connectivity index (χ2n) is 6.60. The van der Waals surface area contributed by atoms with E-state index >= 15 is 0 Å². The maximum atomic E-state index is 11.8. The molecule has 0 aromatic heterocycles. The number of hydrogen-bond donors (Lipinski definition) is 2. The molecule has 2 aliphatic carbocycles. The van der Waals surface area contributed by atoms with Gasteiger partial charge in [0.15, 0.2) is 0 Å². The molecule has 3 unspecified atom stereocenters. The lowest BCUT2D eigenvalue weighted by atomic mass is 9.87. The van der Waals surface area contributed by atoms with Gasteiger partial charge in [0.2, 0.25) is 5.91 Å². The zero-order chi connectivity index (χ0) is 13.3. The minimum absolute atomic E-state index is 0.0587. The number of carboxylic acid groups (broad SMARTS) is 1. The smallest absolute Gasteiger partial charge is 0.309 e. The van der Waals surface area contributed by atoms with Crippen LogP contribution in [0, 0.1) is 23.2 Å². The molecule has 2 aliphatic rings. The molecular weight excluding hydrogens is 230 g/mol. The number of carbonyl (C=O) groups excluding carboxylic acids is 1. The van der Waals surface area contributed by atoms with Crippen LogP contribution in [-0.2, 0) is 9.59 Å². The molecule has 0 radical (unpaired) electrons. The zero-order valence-corrected chi connectivity index (χ0v) is 11.2. The summed E-state index contributed by atoms with van der Waals surface area (Å²) in [5, 5.41) is 11.9. The van der Waals surface area contributed by atoms with Gasteiger partial charge < -0.3 is 10.4 Å². The van der Waals surface area contributed by atoms with Crippen molar-refractivity contribution in [3.05, 3.63) is 0 Å². The summed E-state index contributed by atoms with van der Waals surface area (Å²) in [6.45, 7) is 3.91.